The molecule has 1 aromatic heterocycles. The maximum Gasteiger partial charge on any atom is 0.338 e. The Bertz CT molecular complexity index is 1220. The van der Waals surface area contributed by atoms with Gasteiger partial charge in [0.15, 0.2) is 0 Å². The van der Waals surface area contributed by atoms with Gasteiger partial charge in [0, 0.05) is 22.3 Å². The van der Waals surface area contributed by atoms with Crippen molar-refractivity contribution >= 4 is 40.0 Å². The van der Waals surface area contributed by atoms with Crippen molar-refractivity contribution in [3.8, 4) is 0 Å². The molecule has 2 N–H and O–H groups in total. The molecule has 0 radical (unpaired) electrons. The SMILES string of the molecule is CCOC(=O)c1ccc(Nc2ncnc3ccc(NC(=O)c4ccccc4)cc23)cc1. The Morgan fingerprint density at radius 2 is 1.61 bits per heavy atom. The number of nitrogens with zero attached hydrogens (tertiary/aromatic N) is 2. The lowest BCUT2D eigenvalue weighted by Gasteiger charge is -2.11. The zero-order valence-electron chi connectivity index (χ0n) is 16.8. The first-order chi connectivity index (χ1) is 15.1. The summed E-state index contributed by atoms with van der Waals surface area (Å²) in [4.78, 5) is 32.9. The number of aromatic nitrogens is 2. The number of benzene rings is 3. The van der Waals surface area contributed by atoms with E-state index in [-0.39, 0.29) is 11.9 Å². The lowest BCUT2D eigenvalue weighted by molar-refractivity contribution is 0.0526. The largest absolute Gasteiger partial charge is 0.462 e. The Kier molecular flexibility index (Phi) is 5.84. The molecule has 7 nitrogen and oxygen atoms in total. The number of rotatable bonds is 6. The van der Waals surface area contributed by atoms with E-state index in [4.69, 9.17) is 4.74 Å². The summed E-state index contributed by atoms with van der Waals surface area (Å²) in [6, 6.07) is 21.4. The number of carbonyl (C=O) groups excluding carboxylic acids is 2. The van der Waals surface area contributed by atoms with Crippen molar-refractivity contribution in [2.45, 2.75) is 6.92 Å². The Hall–Kier alpha value is -4.26. The van der Waals surface area contributed by atoms with Crippen LogP contribution in [-0.2, 0) is 4.74 Å². The third kappa shape index (κ3) is 4.67. The van der Waals surface area contributed by atoms with Gasteiger partial charge in [-0.15, -0.1) is 0 Å². The smallest absolute Gasteiger partial charge is 0.338 e. The van der Waals surface area contributed by atoms with E-state index < -0.39 is 0 Å². The molecule has 0 aliphatic heterocycles. The standard InChI is InChI=1S/C24H20N4O3/c1-2-31-24(30)17-8-10-18(11-9-17)27-22-20-14-19(12-13-21(20)25-15-26-22)28-23(29)16-6-4-3-5-7-16/h3-15H,2H2,1H3,(H,28,29)(H,25,26,27). The normalized spacial score (nSPS) is 10.5. The Labute approximate surface area is 179 Å². The van der Waals surface area contributed by atoms with Crippen molar-refractivity contribution in [3.63, 3.8) is 0 Å². The quantitative estimate of drug-likeness (QED) is 0.442. The molecule has 0 spiro atoms. The minimum atomic E-state index is -0.361. The topological polar surface area (TPSA) is 93.2 Å². The Balaban J connectivity index is 1.57. The molecular formula is C24H20N4O3. The van der Waals surface area contributed by atoms with E-state index in [1.165, 1.54) is 6.33 Å². The number of esters is 1. The monoisotopic (exact) mass is 412 g/mol. The average molecular weight is 412 g/mol. The molecule has 154 valence electrons. The van der Waals surface area contributed by atoms with Crippen LogP contribution in [0.25, 0.3) is 10.9 Å². The van der Waals surface area contributed by atoms with Gasteiger partial charge in [-0.3, -0.25) is 4.79 Å². The molecule has 3 aromatic carbocycles. The van der Waals surface area contributed by atoms with Crippen LogP contribution in [0.4, 0.5) is 17.2 Å². The number of nitrogens with one attached hydrogen (secondary N) is 2. The third-order valence-corrected chi connectivity index (χ3v) is 4.59. The van der Waals surface area contributed by atoms with Crippen LogP contribution >= 0.6 is 0 Å². The lowest BCUT2D eigenvalue weighted by atomic mass is 10.1. The van der Waals surface area contributed by atoms with Crippen LogP contribution in [0.2, 0.25) is 0 Å². The first kappa shape index (κ1) is 20.0. The predicted octanol–water partition coefficient (Wildman–Crippen LogP) is 4.80. The molecule has 0 aliphatic rings. The van der Waals surface area contributed by atoms with E-state index in [2.05, 4.69) is 20.6 Å². The van der Waals surface area contributed by atoms with Gasteiger partial charge in [-0.1, -0.05) is 18.2 Å². The summed E-state index contributed by atoms with van der Waals surface area (Å²) in [5.41, 5.74) is 3.18. The van der Waals surface area contributed by atoms with Gasteiger partial charge < -0.3 is 15.4 Å². The van der Waals surface area contributed by atoms with Gasteiger partial charge in [0.1, 0.15) is 12.1 Å². The highest BCUT2D eigenvalue weighted by Gasteiger charge is 2.10. The van der Waals surface area contributed by atoms with Crippen LogP contribution in [0, 0.1) is 0 Å². The van der Waals surface area contributed by atoms with Crippen LogP contribution in [0.5, 0.6) is 0 Å². The van der Waals surface area contributed by atoms with E-state index in [0.717, 1.165) is 16.6 Å². The maximum absolute atomic E-state index is 12.5. The Morgan fingerprint density at radius 1 is 0.871 bits per heavy atom. The Morgan fingerprint density at radius 3 is 2.35 bits per heavy atom. The lowest BCUT2D eigenvalue weighted by Crippen LogP contribution is -2.11. The molecule has 31 heavy (non-hydrogen) atoms. The van der Waals surface area contributed by atoms with Gasteiger partial charge in [0.25, 0.3) is 5.91 Å². The number of hydrogen-bond acceptors (Lipinski definition) is 6. The number of ether oxygens (including phenoxy) is 1. The van der Waals surface area contributed by atoms with Crippen molar-refractivity contribution in [1.82, 2.24) is 9.97 Å². The number of fused-ring (bicyclic) bond motifs is 1. The zero-order chi connectivity index (χ0) is 21.6. The molecule has 0 saturated heterocycles. The predicted molar refractivity (Wildman–Crippen MR) is 120 cm³/mol. The van der Waals surface area contributed by atoms with Gasteiger partial charge in [0.05, 0.1) is 17.7 Å². The number of amides is 1. The van der Waals surface area contributed by atoms with Crippen LogP contribution in [0.15, 0.2) is 79.1 Å². The molecule has 1 heterocycles. The fourth-order valence-corrected chi connectivity index (χ4v) is 3.07. The van der Waals surface area contributed by atoms with Crippen LogP contribution in [0.1, 0.15) is 27.6 Å². The molecule has 0 fully saturated rings. The highest BCUT2D eigenvalue weighted by Crippen LogP contribution is 2.26. The molecule has 0 atom stereocenters. The average Bonchev–Trinajstić information content (AvgIpc) is 2.80. The van der Waals surface area contributed by atoms with Crippen LogP contribution in [0.3, 0.4) is 0 Å². The summed E-state index contributed by atoms with van der Waals surface area (Å²) in [6.07, 6.45) is 1.47. The summed E-state index contributed by atoms with van der Waals surface area (Å²) in [5, 5.41) is 6.89. The minimum Gasteiger partial charge on any atom is -0.462 e. The number of hydrogen-bond donors (Lipinski definition) is 2. The zero-order valence-corrected chi connectivity index (χ0v) is 16.8. The van der Waals surface area contributed by atoms with Crippen molar-refractivity contribution in [2.24, 2.45) is 0 Å². The number of carbonyl (C=O) groups is 2. The van der Waals surface area contributed by atoms with E-state index in [9.17, 15) is 9.59 Å². The first-order valence-corrected chi connectivity index (χ1v) is 9.79. The molecule has 0 unspecified atom stereocenters. The summed E-state index contributed by atoms with van der Waals surface area (Å²) < 4.78 is 5.01. The highest BCUT2D eigenvalue weighted by molar-refractivity contribution is 6.05. The maximum atomic E-state index is 12.5. The van der Waals surface area contributed by atoms with Crippen molar-refractivity contribution in [3.05, 3.63) is 90.3 Å². The second-order valence-corrected chi connectivity index (χ2v) is 6.70. The van der Waals surface area contributed by atoms with E-state index in [1.807, 2.05) is 30.3 Å². The van der Waals surface area contributed by atoms with Gasteiger partial charge in [-0.25, -0.2) is 14.8 Å². The van der Waals surface area contributed by atoms with Crippen LogP contribution in [-0.4, -0.2) is 28.5 Å². The second kappa shape index (κ2) is 9.04. The fourth-order valence-electron chi connectivity index (χ4n) is 3.07. The molecule has 4 aromatic rings. The molecule has 0 saturated carbocycles. The molecular weight excluding hydrogens is 392 g/mol. The molecule has 0 aliphatic carbocycles. The van der Waals surface area contributed by atoms with Gasteiger partial charge in [-0.05, 0) is 61.5 Å². The summed E-state index contributed by atoms with van der Waals surface area (Å²) >= 11 is 0. The molecule has 4 rings (SSSR count). The van der Waals surface area contributed by atoms with Crippen molar-refractivity contribution in [1.29, 1.82) is 0 Å². The van der Waals surface area contributed by atoms with Gasteiger partial charge in [0.2, 0.25) is 0 Å². The van der Waals surface area contributed by atoms with Gasteiger partial charge >= 0.3 is 5.97 Å². The molecule has 0 bridgehead atoms. The van der Waals surface area contributed by atoms with Crippen molar-refractivity contribution < 1.29 is 14.3 Å². The summed E-state index contributed by atoms with van der Waals surface area (Å²) in [7, 11) is 0. The van der Waals surface area contributed by atoms with Crippen molar-refractivity contribution in [2.75, 3.05) is 17.2 Å². The fraction of sp³-hybridized carbons (Fsp3) is 0.0833. The second-order valence-electron chi connectivity index (χ2n) is 6.70. The van der Waals surface area contributed by atoms with E-state index in [1.54, 1.807) is 49.4 Å². The third-order valence-electron chi connectivity index (χ3n) is 4.59. The molecule has 1 amide bonds. The van der Waals surface area contributed by atoms with Crippen LogP contribution < -0.4 is 10.6 Å². The summed E-state index contributed by atoms with van der Waals surface area (Å²) in [6.45, 7) is 2.10. The molecule has 7 heteroatoms. The number of anilines is 3. The first-order valence-electron chi connectivity index (χ1n) is 9.79. The highest BCUT2D eigenvalue weighted by atomic mass is 16.5. The van der Waals surface area contributed by atoms with E-state index >= 15 is 0 Å². The minimum absolute atomic E-state index is 0.194. The van der Waals surface area contributed by atoms with E-state index in [0.29, 0.717) is 29.2 Å². The van der Waals surface area contributed by atoms with Gasteiger partial charge in [-0.2, -0.15) is 0 Å². The summed E-state index contributed by atoms with van der Waals surface area (Å²) in [5.74, 6) is 0.0332.